The molecule has 0 bridgehead atoms. The predicted molar refractivity (Wildman–Crippen MR) is 329 cm³/mol. The van der Waals surface area contributed by atoms with Crippen molar-refractivity contribution in [3.8, 4) is 0 Å². The minimum atomic E-state index is -4.23. The summed E-state index contributed by atoms with van der Waals surface area (Å²) in [7, 11) is 0. The van der Waals surface area contributed by atoms with E-state index in [1.54, 1.807) is 33.8 Å². The van der Waals surface area contributed by atoms with E-state index in [-0.39, 0.29) is 0 Å². The van der Waals surface area contributed by atoms with Gasteiger partial charge in [-0.25, -0.2) is 17.6 Å². The van der Waals surface area contributed by atoms with Crippen molar-refractivity contribution in [1.82, 2.24) is 19.9 Å². The Morgan fingerprint density at radius 3 is 1.06 bits per heavy atom. The average molecular weight is 1130 g/mol. The SMILES string of the molecule is Cc1cc(C)c(C)c(C)c1.Cc1cc(F)cc(F)c1C.Cc1ccc(C)c(C)c1.Cc1ccc(F)cc1F.Cc1cccc(C(F)(F)F)c1C.Cc1cccnc1C.Cc1cccnc1C.Cc1ccncc1C.Cc1ccncc1C. The van der Waals surface area contributed by atoms with E-state index >= 15 is 0 Å². The van der Waals surface area contributed by atoms with Gasteiger partial charge in [0.1, 0.15) is 23.3 Å². The van der Waals surface area contributed by atoms with Crippen LogP contribution in [-0.2, 0) is 6.18 Å². The van der Waals surface area contributed by atoms with Gasteiger partial charge in [-0.2, -0.15) is 13.2 Å². The number of pyridine rings is 4. The highest BCUT2D eigenvalue weighted by Gasteiger charge is 2.32. The van der Waals surface area contributed by atoms with Crippen molar-refractivity contribution in [3.05, 3.63) is 293 Å². The van der Waals surface area contributed by atoms with E-state index in [9.17, 15) is 30.7 Å². The Morgan fingerprint density at radius 1 is 0.293 bits per heavy atom. The fourth-order valence-electron chi connectivity index (χ4n) is 6.76. The molecule has 4 nitrogen and oxygen atoms in total. The van der Waals surface area contributed by atoms with Crippen LogP contribution in [0.1, 0.15) is 117 Å². The minimum absolute atomic E-state index is 0.310. The first-order chi connectivity index (χ1) is 38.3. The minimum Gasteiger partial charge on any atom is -0.264 e. The molecule has 0 saturated carbocycles. The van der Waals surface area contributed by atoms with Crippen molar-refractivity contribution in [3.63, 3.8) is 0 Å². The molecule has 4 heterocycles. The van der Waals surface area contributed by atoms with Crippen LogP contribution in [-0.4, -0.2) is 19.9 Å². The second-order valence-electron chi connectivity index (χ2n) is 20.3. The average Bonchev–Trinajstić information content (AvgIpc) is 3.59. The third kappa shape index (κ3) is 28.1. The molecule has 0 spiro atoms. The van der Waals surface area contributed by atoms with E-state index < -0.39 is 35.0 Å². The van der Waals surface area contributed by atoms with Crippen LogP contribution in [0, 0.1) is 162 Å². The number of aryl methyl sites for hydroxylation is 17. The molecule has 0 aliphatic carbocycles. The molecular formula is C71H85F7N4. The summed E-state index contributed by atoms with van der Waals surface area (Å²) in [4.78, 5) is 16.0. The van der Waals surface area contributed by atoms with Gasteiger partial charge in [0.05, 0.1) is 5.56 Å². The summed E-state index contributed by atoms with van der Waals surface area (Å²) in [5.41, 5.74) is 21.6. The third-order valence-electron chi connectivity index (χ3n) is 13.5. The fourth-order valence-corrected chi connectivity index (χ4v) is 6.76. The molecule has 5 aromatic carbocycles. The van der Waals surface area contributed by atoms with Crippen LogP contribution in [0.3, 0.4) is 0 Å². The molecule has 0 N–H and O–H groups in total. The van der Waals surface area contributed by atoms with E-state index in [1.807, 2.05) is 75.3 Å². The molecule has 438 valence electrons. The number of nitrogens with zero attached hydrogens (tertiary/aromatic N) is 4. The van der Waals surface area contributed by atoms with Gasteiger partial charge in [0.15, 0.2) is 0 Å². The van der Waals surface area contributed by atoms with Gasteiger partial charge in [-0.3, -0.25) is 19.9 Å². The molecule has 0 saturated heterocycles. The highest BCUT2D eigenvalue weighted by atomic mass is 19.4. The molecular weight excluding hydrogens is 1040 g/mol. The maximum absolute atomic E-state index is 12.6. The van der Waals surface area contributed by atoms with Crippen molar-refractivity contribution < 1.29 is 30.7 Å². The van der Waals surface area contributed by atoms with Crippen LogP contribution in [0.4, 0.5) is 30.7 Å². The van der Waals surface area contributed by atoms with Gasteiger partial charge in [0.2, 0.25) is 0 Å². The van der Waals surface area contributed by atoms with Crippen molar-refractivity contribution in [1.29, 1.82) is 0 Å². The van der Waals surface area contributed by atoms with E-state index in [0.29, 0.717) is 27.8 Å². The quantitative estimate of drug-likeness (QED) is 0.142. The molecule has 0 unspecified atom stereocenters. The highest BCUT2D eigenvalue weighted by molar-refractivity contribution is 5.37. The second kappa shape index (κ2) is 36.5. The standard InChI is InChI=1S/C10H14.C9H9F3.C9H12.C8H8F2.C7H6F2.4C7H9N/c1-7-5-8(2)10(4)9(3)6-7;1-6-4-3-5-8(7(6)2)9(10,11)12;1-7-4-5-8(2)9(3)6-7;1-5-3-7(9)4-8(10)6(5)2;1-5-2-3-6(8)4-7(5)9;2*1-6-3-4-8-5-7(6)2;2*1-6-4-3-5-8-7(6)2/h5-6H,1-4H3;3-5H,1-2H3;4-6H,1-3H3;3-4H,1-2H3;2-4H,1H3;4*3-5H,1-2H3. The van der Waals surface area contributed by atoms with Crippen LogP contribution in [0.5, 0.6) is 0 Å². The number of alkyl halides is 3. The maximum atomic E-state index is 12.6. The number of hydrogen-bond donors (Lipinski definition) is 0. The normalized spacial score (nSPS) is 9.89. The van der Waals surface area contributed by atoms with Gasteiger partial charge >= 0.3 is 6.18 Å². The Bertz CT molecular complexity index is 2960. The summed E-state index contributed by atoms with van der Waals surface area (Å²) in [5.74, 6) is -2.01. The fraction of sp³-hybridized carbons (Fsp3) is 0.296. The Labute approximate surface area is 486 Å². The van der Waals surface area contributed by atoms with Gasteiger partial charge in [-0.05, 0) is 270 Å². The van der Waals surface area contributed by atoms with Gasteiger partial charge in [-0.1, -0.05) is 71.8 Å². The first-order valence-corrected chi connectivity index (χ1v) is 26.8. The molecule has 0 aliphatic heterocycles. The van der Waals surface area contributed by atoms with Crippen LogP contribution in [0.2, 0.25) is 0 Å². The van der Waals surface area contributed by atoms with Crippen molar-refractivity contribution in [2.75, 3.05) is 0 Å². The first kappa shape index (κ1) is 72.2. The lowest BCUT2D eigenvalue weighted by atomic mass is 10.0. The van der Waals surface area contributed by atoms with Crippen molar-refractivity contribution in [2.24, 2.45) is 0 Å². The molecule has 4 aromatic heterocycles. The van der Waals surface area contributed by atoms with Gasteiger partial charge < -0.3 is 0 Å². The lowest BCUT2D eigenvalue weighted by molar-refractivity contribution is -0.138. The largest absolute Gasteiger partial charge is 0.416 e. The zero-order valence-corrected chi connectivity index (χ0v) is 51.9. The molecule has 11 heteroatoms. The van der Waals surface area contributed by atoms with Crippen molar-refractivity contribution in [2.45, 2.75) is 145 Å². The summed E-state index contributed by atoms with van der Waals surface area (Å²) in [6, 6.07) is 32.9. The number of benzene rings is 5. The van der Waals surface area contributed by atoms with E-state index in [2.05, 4.69) is 152 Å². The zero-order valence-electron chi connectivity index (χ0n) is 51.9. The number of hydrogen-bond acceptors (Lipinski definition) is 4. The van der Waals surface area contributed by atoms with Gasteiger partial charge in [-0.15, -0.1) is 0 Å². The molecule has 0 radical (unpaired) electrons. The summed E-state index contributed by atoms with van der Waals surface area (Å²) in [6.45, 7) is 39.5. The van der Waals surface area contributed by atoms with Gasteiger partial charge in [0.25, 0.3) is 0 Å². The molecule has 0 fully saturated rings. The predicted octanol–water partition coefficient (Wildman–Crippen LogP) is 20.5. The highest BCUT2D eigenvalue weighted by Crippen LogP contribution is 2.32. The summed E-state index contributed by atoms with van der Waals surface area (Å²) < 4.78 is 86.1. The third-order valence-corrected chi connectivity index (χ3v) is 13.5. The summed E-state index contributed by atoms with van der Waals surface area (Å²) in [5, 5.41) is 0. The van der Waals surface area contributed by atoms with E-state index in [1.165, 1.54) is 104 Å². The van der Waals surface area contributed by atoms with Crippen molar-refractivity contribution >= 4 is 0 Å². The molecule has 82 heavy (non-hydrogen) atoms. The van der Waals surface area contributed by atoms with Gasteiger partial charge in [0, 0.05) is 60.7 Å². The summed E-state index contributed by atoms with van der Waals surface area (Å²) >= 11 is 0. The molecule has 9 aromatic rings. The molecule has 9 rings (SSSR count). The number of halogens is 7. The van der Waals surface area contributed by atoms with Crippen LogP contribution in [0.25, 0.3) is 0 Å². The lowest BCUT2D eigenvalue weighted by Gasteiger charge is -2.11. The smallest absolute Gasteiger partial charge is 0.264 e. The topological polar surface area (TPSA) is 51.6 Å². The Balaban J connectivity index is 0.000000463. The van der Waals surface area contributed by atoms with Crippen LogP contribution in [0.15, 0.2) is 152 Å². The van der Waals surface area contributed by atoms with E-state index in [4.69, 9.17) is 0 Å². The lowest BCUT2D eigenvalue weighted by Crippen LogP contribution is -2.07. The second-order valence-corrected chi connectivity index (χ2v) is 20.3. The number of rotatable bonds is 0. The van der Waals surface area contributed by atoms with Crippen LogP contribution < -0.4 is 0 Å². The van der Waals surface area contributed by atoms with Crippen LogP contribution >= 0.6 is 0 Å². The summed E-state index contributed by atoms with van der Waals surface area (Å²) in [6.07, 6.45) is 6.75. The Morgan fingerprint density at radius 2 is 0.720 bits per heavy atom. The first-order valence-electron chi connectivity index (χ1n) is 26.8. The zero-order chi connectivity index (χ0) is 62.4. The number of aromatic nitrogens is 4. The molecule has 0 amide bonds. The van der Waals surface area contributed by atoms with E-state index in [0.717, 1.165) is 29.6 Å². The molecule has 0 aliphatic rings. The monoisotopic (exact) mass is 1130 g/mol. The Kier molecular flexibility index (Phi) is 32.2. The Hall–Kier alpha value is -7.79. The maximum Gasteiger partial charge on any atom is 0.416 e. The molecule has 0 atom stereocenters.